The number of likely N-dealkylation sites (tertiary alicyclic amines) is 1. The summed E-state index contributed by atoms with van der Waals surface area (Å²) < 4.78 is 24.7. The molecule has 1 aliphatic heterocycles. The Hall–Kier alpha value is -0.590. The summed E-state index contributed by atoms with van der Waals surface area (Å²) in [6.07, 6.45) is 6.87. The molecule has 0 aliphatic carbocycles. The SMILES string of the molecule is CCCc1nc(S(=O)(=O)Cl)cn1CCCN1CCCC1. The third-order valence-electron chi connectivity index (χ3n) is 3.63. The first-order chi connectivity index (χ1) is 9.50. The van der Waals surface area contributed by atoms with Crippen molar-refractivity contribution >= 4 is 19.7 Å². The van der Waals surface area contributed by atoms with Crippen LogP contribution >= 0.6 is 10.7 Å². The fraction of sp³-hybridized carbons (Fsp3) is 0.769. The zero-order valence-corrected chi connectivity index (χ0v) is 13.5. The second-order valence-electron chi connectivity index (χ2n) is 5.28. The summed E-state index contributed by atoms with van der Waals surface area (Å²) in [7, 11) is 1.64. The van der Waals surface area contributed by atoms with Crippen LogP contribution in [0.15, 0.2) is 11.2 Å². The molecule has 2 heterocycles. The second kappa shape index (κ2) is 6.91. The van der Waals surface area contributed by atoms with Crippen molar-refractivity contribution in [3.8, 4) is 0 Å². The van der Waals surface area contributed by atoms with Crippen LogP contribution in [-0.2, 0) is 22.0 Å². The maximum atomic E-state index is 11.4. The lowest BCUT2D eigenvalue weighted by Gasteiger charge is -2.14. The Morgan fingerprint density at radius 3 is 2.60 bits per heavy atom. The lowest BCUT2D eigenvalue weighted by atomic mass is 10.3. The smallest absolute Gasteiger partial charge is 0.280 e. The van der Waals surface area contributed by atoms with E-state index in [-0.39, 0.29) is 5.03 Å². The lowest BCUT2D eigenvalue weighted by Crippen LogP contribution is -2.21. The zero-order valence-electron chi connectivity index (χ0n) is 11.9. The molecule has 5 nitrogen and oxygen atoms in total. The number of aryl methyl sites for hydroxylation is 2. The molecular formula is C13H22ClN3O2S. The minimum atomic E-state index is -3.73. The van der Waals surface area contributed by atoms with E-state index in [0.717, 1.165) is 38.2 Å². The van der Waals surface area contributed by atoms with Gasteiger partial charge in [-0.3, -0.25) is 0 Å². The van der Waals surface area contributed by atoms with E-state index in [2.05, 4.69) is 16.8 Å². The van der Waals surface area contributed by atoms with Crippen molar-refractivity contribution in [2.45, 2.75) is 50.6 Å². The molecule has 0 unspecified atom stereocenters. The summed E-state index contributed by atoms with van der Waals surface area (Å²) in [6, 6.07) is 0. The van der Waals surface area contributed by atoms with Gasteiger partial charge in [0.15, 0.2) is 5.03 Å². The quantitative estimate of drug-likeness (QED) is 0.723. The molecule has 114 valence electrons. The Morgan fingerprint density at radius 1 is 1.30 bits per heavy atom. The molecule has 1 aliphatic rings. The van der Waals surface area contributed by atoms with Gasteiger partial charge in [-0.2, -0.15) is 0 Å². The van der Waals surface area contributed by atoms with Crippen molar-refractivity contribution in [3.63, 3.8) is 0 Å². The normalized spacial score (nSPS) is 16.9. The molecule has 1 fully saturated rings. The van der Waals surface area contributed by atoms with E-state index in [4.69, 9.17) is 10.7 Å². The highest BCUT2D eigenvalue weighted by molar-refractivity contribution is 8.13. The minimum Gasteiger partial charge on any atom is -0.333 e. The summed E-state index contributed by atoms with van der Waals surface area (Å²) in [5, 5.41) is -0.0243. The van der Waals surface area contributed by atoms with Gasteiger partial charge < -0.3 is 9.47 Å². The van der Waals surface area contributed by atoms with E-state index in [9.17, 15) is 8.42 Å². The fourth-order valence-electron chi connectivity index (χ4n) is 2.63. The predicted octanol–water partition coefficient (Wildman–Crippen LogP) is 2.25. The maximum absolute atomic E-state index is 11.4. The number of hydrogen-bond donors (Lipinski definition) is 0. The molecule has 0 saturated carbocycles. The van der Waals surface area contributed by atoms with E-state index in [0.29, 0.717) is 0 Å². The molecule has 0 aromatic carbocycles. The van der Waals surface area contributed by atoms with Crippen LogP contribution in [0.3, 0.4) is 0 Å². The molecule has 2 rings (SSSR count). The van der Waals surface area contributed by atoms with E-state index >= 15 is 0 Å². The van der Waals surface area contributed by atoms with Crippen LogP contribution in [0.1, 0.15) is 38.4 Å². The van der Waals surface area contributed by atoms with Gasteiger partial charge >= 0.3 is 0 Å². The highest BCUT2D eigenvalue weighted by atomic mass is 35.7. The molecule has 0 spiro atoms. The van der Waals surface area contributed by atoms with Crippen LogP contribution in [-0.4, -0.2) is 42.5 Å². The summed E-state index contributed by atoms with van der Waals surface area (Å²) in [5.41, 5.74) is 0. The van der Waals surface area contributed by atoms with Crippen molar-refractivity contribution in [1.29, 1.82) is 0 Å². The molecule has 0 radical (unpaired) electrons. The average molecular weight is 320 g/mol. The van der Waals surface area contributed by atoms with Crippen molar-refractivity contribution in [1.82, 2.24) is 14.5 Å². The summed E-state index contributed by atoms with van der Waals surface area (Å²) in [5.74, 6) is 0.813. The van der Waals surface area contributed by atoms with Gasteiger partial charge in [0, 0.05) is 29.8 Å². The molecule has 1 aromatic heterocycles. The first kappa shape index (κ1) is 15.8. The monoisotopic (exact) mass is 319 g/mol. The van der Waals surface area contributed by atoms with Gasteiger partial charge in [-0.15, -0.1) is 0 Å². The fourth-order valence-corrected chi connectivity index (χ4v) is 3.32. The number of imidazole rings is 1. The first-order valence-corrected chi connectivity index (χ1v) is 9.54. The van der Waals surface area contributed by atoms with Crippen molar-refractivity contribution in [2.24, 2.45) is 0 Å². The van der Waals surface area contributed by atoms with Crippen LogP contribution in [0.5, 0.6) is 0 Å². The Bertz CT molecular complexity index is 536. The molecule has 0 atom stereocenters. The molecule has 1 aromatic rings. The van der Waals surface area contributed by atoms with Crippen molar-refractivity contribution in [3.05, 3.63) is 12.0 Å². The van der Waals surface area contributed by atoms with Gasteiger partial charge in [0.1, 0.15) is 5.82 Å². The molecule has 1 saturated heterocycles. The molecule has 20 heavy (non-hydrogen) atoms. The third kappa shape index (κ3) is 4.20. The first-order valence-electron chi connectivity index (χ1n) is 7.24. The van der Waals surface area contributed by atoms with Crippen LogP contribution in [0.2, 0.25) is 0 Å². The van der Waals surface area contributed by atoms with E-state index < -0.39 is 9.05 Å². The zero-order chi connectivity index (χ0) is 14.6. The summed E-state index contributed by atoms with van der Waals surface area (Å²) >= 11 is 0. The average Bonchev–Trinajstić information content (AvgIpc) is 2.99. The lowest BCUT2D eigenvalue weighted by molar-refractivity contribution is 0.324. The molecule has 0 N–H and O–H groups in total. The predicted molar refractivity (Wildman–Crippen MR) is 79.6 cm³/mol. The van der Waals surface area contributed by atoms with Gasteiger partial charge in [-0.1, -0.05) is 6.92 Å². The number of halogens is 1. The number of nitrogens with zero attached hydrogens (tertiary/aromatic N) is 3. The standard InChI is InChI=1S/C13H22ClN3O2S/c1-2-6-12-15-13(20(14,18)19)11-17(12)10-5-9-16-7-3-4-8-16/h11H,2-10H2,1H3. The Morgan fingerprint density at radius 2 is 2.00 bits per heavy atom. The summed E-state index contributed by atoms with van der Waals surface area (Å²) in [4.78, 5) is 6.61. The van der Waals surface area contributed by atoms with E-state index in [1.807, 2.05) is 4.57 Å². The van der Waals surface area contributed by atoms with Crippen LogP contribution < -0.4 is 0 Å². The van der Waals surface area contributed by atoms with Crippen molar-refractivity contribution < 1.29 is 8.42 Å². The molecule has 0 amide bonds. The number of hydrogen-bond acceptors (Lipinski definition) is 4. The van der Waals surface area contributed by atoms with Crippen LogP contribution in [0.4, 0.5) is 0 Å². The maximum Gasteiger partial charge on any atom is 0.280 e. The Balaban J connectivity index is 1.99. The van der Waals surface area contributed by atoms with Gasteiger partial charge in [0.25, 0.3) is 9.05 Å². The van der Waals surface area contributed by atoms with Gasteiger partial charge in [0.05, 0.1) is 0 Å². The van der Waals surface area contributed by atoms with E-state index in [1.165, 1.54) is 25.9 Å². The third-order valence-corrected chi connectivity index (χ3v) is 4.80. The topological polar surface area (TPSA) is 55.2 Å². The number of aromatic nitrogens is 2. The van der Waals surface area contributed by atoms with Gasteiger partial charge in [-0.25, -0.2) is 13.4 Å². The van der Waals surface area contributed by atoms with Gasteiger partial charge in [-0.05, 0) is 45.3 Å². The summed E-state index contributed by atoms with van der Waals surface area (Å²) in [6.45, 7) is 6.29. The second-order valence-corrected chi connectivity index (χ2v) is 7.79. The van der Waals surface area contributed by atoms with Crippen molar-refractivity contribution in [2.75, 3.05) is 19.6 Å². The Labute approximate surface area is 125 Å². The minimum absolute atomic E-state index is 0.0243. The molecular weight excluding hydrogens is 298 g/mol. The molecule has 7 heteroatoms. The molecule has 0 bridgehead atoms. The van der Waals surface area contributed by atoms with E-state index in [1.54, 1.807) is 6.20 Å². The van der Waals surface area contributed by atoms with Crippen LogP contribution in [0.25, 0.3) is 0 Å². The highest BCUT2D eigenvalue weighted by Crippen LogP contribution is 2.16. The highest BCUT2D eigenvalue weighted by Gasteiger charge is 2.17. The van der Waals surface area contributed by atoms with Gasteiger partial charge in [0.2, 0.25) is 0 Å². The van der Waals surface area contributed by atoms with Crippen LogP contribution in [0, 0.1) is 0 Å². The largest absolute Gasteiger partial charge is 0.333 e. The number of rotatable bonds is 7. The Kier molecular flexibility index (Phi) is 5.46.